The van der Waals surface area contributed by atoms with Crippen LogP contribution < -0.4 is 10.1 Å². The SMILES string of the molecule is Fc1cc2[nH]cc(CCNCc3cccc(OCC(F)(F)C(F)(F)F)c3)c2cc1F. The molecule has 0 aliphatic rings. The molecule has 3 aromatic rings. The average molecular weight is 434 g/mol. The third kappa shape index (κ3) is 5.05. The Hall–Kier alpha value is -2.75. The number of benzene rings is 2. The van der Waals surface area contributed by atoms with Gasteiger partial charge in [0.05, 0.1) is 0 Å². The predicted octanol–water partition coefficient (Wildman–Crippen LogP) is 5.35. The highest BCUT2D eigenvalue weighted by atomic mass is 19.4. The van der Waals surface area contributed by atoms with Crippen LogP contribution in [0.5, 0.6) is 5.75 Å². The summed E-state index contributed by atoms with van der Waals surface area (Å²) in [6, 6.07) is 7.99. The molecule has 0 aliphatic heterocycles. The van der Waals surface area contributed by atoms with Crippen LogP contribution in [0.3, 0.4) is 0 Å². The van der Waals surface area contributed by atoms with Crippen molar-refractivity contribution in [1.29, 1.82) is 0 Å². The van der Waals surface area contributed by atoms with Gasteiger partial charge < -0.3 is 15.0 Å². The summed E-state index contributed by atoms with van der Waals surface area (Å²) < 4.78 is 93.8. The van der Waals surface area contributed by atoms with Gasteiger partial charge in [0.1, 0.15) is 5.75 Å². The van der Waals surface area contributed by atoms with Gasteiger partial charge in [-0.2, -0.15) is 22.0 Å². The first-order valence-corrected chi connectivity index (χ1v) is 8.89. The van der Waals surface area contributed by atoms with Crippen molar-refractivity contribution in [3.05, 3.63) is 65.4 Å². The molecule has 3 rings (SSSR count). The third-order valence-corrected chi connectivity index (χ3v) is 4.44. The number of hydrogen-bond donors (Lipinski definition) is 2. The second-order valence-corrected chi connectivity index (χ2v) is 6.69. The van der Waals surface area contributed by atoms with Gasteiger partial charge in [-0.05, 0) is 42.3 Å². The quantitative estimate of drug-likeness (QED) is 0.370. The van der Waals surface area contributed by atoms with Gasteiger partial charge in [0.25, 0.3) is 0 Å². The van der Waals surface area contributed by atoms with E-state index < -0.39 is 30.3 Å². The minimum atomic E-state index is -5.68. The van der Waals surface area contributed by atoms with E-state index in [2.05, 4.69) is 15.0 Å². The average Bonchev–Trinajstić information content (AvgIpc) is 3.05. The maximum Gasteiger partial charge on any atom is 0.456 e. The van der Waals surface area contributed by atoms with Crippen molar-refractivity contribution in [2.75, 3.05) is 13.2 Å². The number of fused-ring (bicyclic) bond motifs is 1. The second-order valence-electron chi connectivity index (χ2n) is 6.69. The van der Waals surface area contributed by atoms with Crippen molar-refractivity contribution in [2.24, 2.45) is 0 Å². The molecule has 10 heteroatoms. The Morgan fingerprint density at radius 1 is 0.967 bits per heavy atom. The smallest absolute Gasteiger partial charge is 0.456 e. The number of H-pyrrole nitrogens is 1. The van der Waals surface area contributed by atoms with E-state index in [0.29, 0.717) is 36.0 Å². The zero-order chi connectivity index (χ0) is 21.9. The van der Waals surface area contributed by atoms with Gasteiger partial charge in [-0.3, -0.25) is 0 Å². The summed E-state index contributed by atoms with van der Waals surface area (Å²) in [6.45, 7) is -1.04. The molecule has 1 aromatic heterocycles. The van der Waals surface area contributed by atoms with E-state index >= 15 is 0 Å². The Kier molecular flexibility index (Phi) is 6.25. The first-order chi connectivity index (χ1) is 14.1. The van der Waals surface area contributed by atoms with Crippen LogP contribution in [0.2, 0.25) is 0 Å². The van der Waals surface area contributed by atoms with Crippen LogP contribution in [-0.4, -0.2) is 30.2 Å². The van der Waals surface area contributed by atoms with Gasteiger partial charge in [0, 0.05) is 29.7 Å². The van der Waals surface area contributed by atoms with E-state index in [1.165, 1.54) is 18.2 Å². The molecule has 0 radical (unpaired) electrons. The van der Waals surface area contributed by atoms with Crippen LogP contribution in [-0.2, 0) is 13.0 Å². The van der Waals surface area contributed by atoms with E-state index in [4.69, 9.17) is 0 Å². The van der Waals surface area contributed by atoms with E-state index in [9.17, 15) is 30.7 Å². The second kappa shape index (κ2) is 8.55. The molecule has 30 heavy (non-hydrogen) atoms. The Balaban J connectivity index is 1.52. The minimum absolute atomic E-state index is 0.104. The Bertz CT molecular complexity index is 1010. The first kappa shape index (κ1) is 21.9. The van der Waals surface area contributed by atoms with Gasteiger partial charge in [0.2, 0.25) is 0 Å². The standard InChI is InChI=1S/C20H17F7N2O/c21-16-7-15-13(10-29-18(15)8-17(16)22)4-5-28-9-12-2-1-3-14(6-12)30-11-19(23,24)20(25,26)27/h1-3,6-8,10,28-29H,4-5,9,11H2. The highest BCUT2D eigenvalue weighted by molar-refractivity contribution is 5.83. The highest BCUT2D eigenvalue weighted by Gasteiger charge is 2.58. The summed E-state index contributed by atoms with van der Waals surface area (Å²) >= 11 is 0. The van der Waals surface area contributed by atoms with Crippen LogP contribution in [0.15, 0.2) is 42.6 Å². The van der Waals surface area contributed by atoms with Gasteiger partial charge in [-0.1, -0.05) is 12.1 Å². The van der Waals surface area contributed by atoms with E-state index in [-0.39, 0.29) is 5.75 Å². The maximum atomic E-state index is 13.4. The van der Waals surface area contributed by atoms with Gasteiger partial charge in [-0.15, -0.1) is 0 Å². The molecule has 1 heterocycles. The van der Waals surface area contributed by atoms with E-state index in [1.807, 2.05) is 0 Å². The van der Waals surface area contributed by atoms with Crippen molar-refractivity contribution in [2.45, 2.75) is 25.1 Å². The van der Waals surface area contributed by atoms with Crippen LogP contribution in [0, 0.1) is 11.6 Å². The first-order valence-electron chi connectivity index (χ1n) is 8.89. The molecule has 162 valence electrons. The number of rotatable bonds is 8. The summed E-state index contributed by atoms with van der Waals surface area (Å²) in [5, 5.41) is 3.66. The monoisotopic (exact) mass is 434 g/mol. The number of hydrogen-bond acceptors (Lipinski definition) is 2. The Morgan fingerprint density at radius 3 is 2.43 bits per heavy atom. The molecule has 0 saturated carbocycles. The Labute approximate surface area is 166 Å². The molecule has 2 N–H and O–H groups in total. The molecule has 0 fully saturated rings. The number of ether oxygens (including phenoxy) is 1. The highest BCUT2D eigenvalue weighted by Crippen LogP contribution is 2.35. The summed E-state index contributed by atoms with van der Waals surface area (Å²) in [5.74, 6) is -6.93. The fourth-order valence-electron chi connectivity index (χ4n) is 2.84. The molecule has 2 aromatic carbocycles. The fourth-order valence-corrected chi connectivity index (χ4v) is 2.84. The molecule has 0 unspecified atom stereocenters. The zero-order valence-corrected chi connectivity index (χ0v) is 15.4. The van der Waals surface area contributed by atoms with Gasteiger partial charge in [-0.25, -0.2) is 8.78 Å². The van der Waals surface area contributed by atoms with Crippen LogP contribution in [0.1, 0.15) is 11.1 Å². The predicted molar refractivity (Wildman–Crippen MR) is 96.6 cm³/mol. The third-order valence-electron chi connectivity index (χ3n) is 4.44. The van der Waals surface area contributed by atoms with Crippen molar-refractivity contribution in [1.82, 2.24) is 10.3 Å². The van der Waals surface area contributed by atoms with Crippen molar-refractivity contribution in [3.63, 3.8) is 0 Å². The number of nitrogens with one attached hydrogen (secondary N) is 2. The molecule has 0 bridgehead atoms. The number of alkyl halides is 5. The fraction of sp³-hybridized carbons (Fsp3) is 0.300. The zero-order valence-electron chi connectivity index (χ0n) is 15.4. The number of aromatic nitrogens is 1. The summed E-state index contributed by atoms with van der Waals surface area (Å²) in [7, 11) is 0. The molecule has 0 saturated heterocycles. The lowest BCUT2D eigenvalue weighted by Gasteiger charge is -2.20. The topological polar surface area (TPSA) is 37.0 Å². The molecular formula is C20H17F7N2O. The van der Waals surface area contributed by atoms with Crippen molar-refractivity contribution >= 4 is 10.9 Å². The lowest BCUT2D eigenvalue weighted by Crippen LogP contribution is -2.41. The Morgan fingerprint density at radius 2 is 1.70 bits per heavy atom. The molecule has 0 aliphatic carbocycles. The van der Waals surface area contributed by atoms with Crippen molar-refractivity contribution in [3.8, 4) is 5.75 Å². The lowest BCUT2D eigenvalue weighted by molar-refractivity contribution is -0.290. The van der Waals surface area contributed by atoms with Crippen LogP contribution >= 0.6 is 0 Å². The van der Waals surface area contributed by atoms with Crippen LogP contribution in [0.4, 0.5) is 30.7 Å². The lowest BCUT2D eigenvalue weighted by atomic mass is 10.1. The summed E-state index contributed by atoms with van der Waals surface area (Å²) in [6.07, 6.45) is -3.52. The van der Waals surface area contributed by atoms with E-state index in [1.54, 1.807) is 12.3 Å². The number of aromatic amines is 1. The summed E-state index contributed by atoms with van der Waals surface area (Å²) in [5.41, 5.74) is 1.88. The van der Waals surface area contributed by atoms with E-state index in [0.717, 1.165) is 17.7 Å². The normalized spacial score (nSPS) is 12.5. The number of halogens is 7. The van der Waals surface area contributed by atoms with Gasteiger partial charge in [0.15, 0.2) is 18.2 Å². The molecule has 0 amide bonds. The largest absolute Gasteiger partial charge is 0.487 e. The summed E-state index contributed by atoms with van der Waals surface area (Å²) in [4.78, 5) is 2.87. The van der Waals surface area contributed by atoms with Crippen LogP contribution in [0.25, 0.3) is 10.9 Å². The van der Waals surface area contributed by atoms with Crippen molar-refractivity contribution < 1.29 is 35.5 Å². The molecule has 0 atom stereocenters. The maximum absolute atomic E-state index is 13.4. The molecule has 0 spiro atoms. The minimum Gasteiger partial charge on any atom is -0.487 e. The molecule has 3 nitrogen and oxygen atoms in total. The van der Waals surface area contributed by atoms with Gasteiger partial charge >= 0.3 is 12.1 Å². The molecular weight excluding hydrogens is 417 g/mol.